The molecule has 344 valence electrons. The van der Waals surface area contributed by atoms with Gasteiger partial charge >= 0.3 is 11.9 Å². The Kier molecular flexibility index (Phi) is 55.7. The van der Waals surface area contributed by atoms with E-state index in [4.69, 9.17) is 25.5 Å². The summed E-state index contributed by atoms with van der Waals surface area (Å²) in [4.78, 5) is 20.8. The summed E-state index contributed by atoms with van der Waals surface area (Å²) in [5.41, 5.74) is -0.667. The molecule has 0 atom stereocenters. The molecule has 0 heterocycles. The van der Waals surface area contributed by atoms with Gasteiger partial charge in [0.2, 0.25) is 0 Å². The SMILES string of the molecule is CCC(CO)(CO)CO.CCCCCCCCCCCCCCCCCCCCCC(=O)O.CCCCCCCCCCCCCCCCCCCCCC(=O)O. The zero-order valence-corrected chi connectivity index (χ0v) is 38.7. The number of carboxylic acid groups (broad SMARTS) is 2. The van der Waals surface area contributed by atoms with E-state index in [0.717, 1.165) is 25.7 Å². The van der Waals surface area contributed by atoms with Crippen molar-refractivity contribution in [2.24, 2.45) is 5.41 Å². The number of hydrogen-bond acceptors (Lipinski definition) is 5. The smallest absolute Gasteiger partial charge is 0.303 e. The van der Waals surface area contributed by atoms with Gasteiger partial charge in [-0.2, -0.15) is 0 Å². The van der Waals surface area contributed by atoms with Crippen molar-refractivity contribution in [2.45, 2.75) is 284 Å². The van der Waals surface area contributed by atoms with Crippen molar-refractivity contribution in [3.8, 4) is 0 Å². The third-order valence-corrected chi connectivity index (χ3v) is 11.7. The van der Waals surface area contributed by atoms with Gasteiger partial charge in [-0.3, -0.25) is 9.59 Å². The molecule has 0 saturated heterocycles. The Morgan fingerprint density at radius 1 is 0.298 bits per heavy atom. The Bertz CT molecular complexity index is 685. The van der Waals surface area contributed by atoms with E-state index in [1.54, 1.807) is 0 Å². The third kappa shape index (κ3) is 54.8. The van der Waals surface area contributed by atoms with E-state index >= 15 is 0 Å². The number of aliphatic hydroxyl groups excluding tert-OH is 3. The van der Waals surface area contributed by atoms with Crippen LogP contribution in [0.3, 0.4) is 0 Å². The van der Waals surface area contributed by atoms with E-state index in [1.807, 2.05) is 6.92 Å². The first-order valence-corrected chi connectivity index (χ1v) is 25.0. The van der Waals surface area contributed by atoms with Crippen LogP contribution in [0.25, 0.3) is 0 Å². The minimum atomic E-state index is -0.667. The van der Waals surface area contributed by atoms with Crippen molar-refractivity contribution in [1.82, 2.24) is 0 Å². The van der Waals surface area contributed by atoms with Crippen LogP contribution in [-0.4, -0.2) is 57.3 Å². The van der Waals surface area contributed by atoms with Crippen molar-refractivity contribution in [1.29, 1.82) is 0 Å². The second kappa shape index (κ2) is 52.8. The van der Waals surface area contributed by atoms with Crippen molar-refractivity contribution in [3.63, 3.8) is 0 Å². The minimum absolute atomic E-state index is 0.156. The summed E-state index contributed by atoms with van der Waals surface area (Å²) >= 11 is 0. The van der Waals surface area contributed by atoms with Gasteiger partial charge in [0.15, 0.2) is 0 Å². The average Bonchev–Trinajstić information content (AvgIpc) is 3.21. The van der Waals surface area contributed by atoms with E-state index in [-0.39, 0.29) is 19.8 Å². The highest BCUT2D eigenvalue weighted by Crippen LogP contribution is 2.19. The first kappa shape index (κ1) is 60.1. The summed E-state index contributed by atoms with van der Waals surface area (Å²) < 4.78 is 0. The molecule has 0 amide bonds. The highest BCUT2D eigenvalue weighted by Gasteiger charge is 2.24. The van der Waals surface area contributed by atoms with Gasteiger partial charge in [0, 0.05) is 18.3 Å². The Morgan fingerprint density at radius 3 is 0.561 bits per heavy atom. The molecule has 0 saturated carbocycles. The van der Waals surface area contributed by atoms with Crippen molar-refractivity contribution in [2.75, 3.05) is 19.8 Å². The van der Waals surface area contributed by atoms with Gasteiger partial charge in [-0.15, -0.1) is 0 Å². The van der Waals surface area contributed by atoms with Crippen LogP contribution < -0.4 is 0 Å². The van der Waals surface area contributed by atoms with Crippen LogP contribution in [0.4, 0.5) is 0 Å². The van der Waals surface area contributed by atoms with Crippen molar-refractivity contribution in [3.05, 3.63) is 0 Å². The fourth-order valence-electron chi connectivity index (χ4n) is 7.19. The zero-order valence-electron chi connectivity index (χ0n) is 38.7. The van der Waals surface area contributed by atoms with E-state index < -0.39 is 17.4 Å². The third-order valence-electron chi connectivity index (χ3n) is 11.7. The van der Waals surface area contributed by atoms with Gasteiger partial charge in [-0.25, -0.2) is 0 Å². The molecular weight excluding hydrogens is 713 g/mol. The normalized spacial score (nSPS) is 11.2. The molecule has 0 unspecified atom stereocenters. The maximum atomic E-state index is 10.4. The Morgan fingerprint density at radius 2 is 0.456 bits per heavy atom. The summed E-state index contributed by atoms with van der Waals surface area (Å²) in [6.07, 6.45) is 52.8. The molecule has 0 aromatic heterocycles. The lowest BCUT2D eigenvalue weighted by Gasteiger charge is -2.24. The second-order valence-corrected chi connectivity index (χ2v) is 17.3. The summed E-state index contributed by atoms with van der Waals surface area (Å²) in [5.74, 6) is -1.30. The van der Waals surface area contributed by atoms with Crippen molar-refractivity contribution < 1.29 is 35.1 Å². The molecule has 5 N–H and O–H groups in total. The van der Waals surface area contributed by atoms with Crippen LogP contribution in [0.2, 0.25) is 0 Å². The highest BCUT2D eigenvalue weighted by molar-refractivity contribution is 5.66. The number of unbranched alkanes of at least 4 members (excludes halogenated alkanes) is 36. The minimum Gasteiger partial charge on any atom is -0.481 e. The molecular formula is C50H102O7. The Hall–Kier alpha value is -1.18. The molecule has 0 radical (unpaired) electrons. The van der Waals surface area contributed by atoms with Gasteiger partial charge in [0.25, 0.3) is 0 Å². The standard InChI is InChI=1S/2C22H44O2.C6H14O3/c2*1-2-3-4-5-6-7-8-9-10-11-12-13-14-15-16-17-18-19-20-21-22(23)24;1-2-6(3-7,4-8)5-9/h2*2-21H2,1H3,(H,23,24);7-9H,2-5H2,1H3. The van der Waals surface area contributed by atoms with Crippen LogP contribution in [0, 0.1) is 5.41 Å². The number of hydrogen-bond donors (Lipinski definition) is 5. The molecule has 0 aromatic rings. The molecule has 0 aliphatic rings. The lowest BCUT2D eigenvalue weighted by atomic mass is 9.88. The summed E-state index contributed by atoms with van der Waals surface area (Å²) in [7, 11) is 0. The fraction of sp³-hybridized carbons (Fsp3) is 0.960. The molecule has 0 aliphatic heterocycles. The summed E-state index contributed by atoms with van der Waals surface area (Å²) in [6, 6.07) is 0. The molecule has 7 heteroatoms. The maximum Gasteiger partial charge on any atom is 0.303 e. The monoisotopic (exact) mass is 815 g/mol. The van der Waals surface area contributed by atoms with Gasteiger partial charge in [0.1, 0.15) is 0 Å². The van der Waals surface area contributed by atoms with Gasteiger partial charge < -0.3 is 25.5 Å². The van der Waals surface area contributed by atoms with Gasteiger partial charge in [-0.05, 0) is 19.3 Å². The predicted molar refractivity (Wildman–Crippen MR) is 245 cm³/mol. The molecule has 0 aliphatic carbocycles. The van der Waals surface area contributed by atoms with Crippen LogP contribution in [0.1, 0.15) is 284 Å². The van der Waals surface area contributed by atoms with Crippen molar-refractivity contribution >= 4 is 11.9 Å². The highest BCUT2D eigenvalue weighted by atomic mass is 16.4. The first-order valence-electron chi connectivity index (χ1n) is 25.0. The van der Waals surface area contributed by atoms with Gasteiger partial charge in [0.05, 0.1) is 19.8 Å². The fourth-order valence-corrected chi connectivity index (χ4v) is 7.19. The molecule has 0 fully saturated rings. The van der Waals surface area contributed by atoms with E-state index in [1.165, 1.54) is 218 Å². The number of aliphatic carboxylic acids is 2. The van der Waals surface area contributed by atoms with Crippen LogP contribution in [0.15, 0.2) is 0 Å². The molecule has 0 bridgehead atoms. The van der Waals surface area contributed by atoms with E-state index in [2.05, 4.69) is 13.8 Å². The number of carboxylic acids is 2. The maximum absolute atomic E-state index is 10.4. The topological polar surface area (TPSA) is 135 Å². The van der Waals surface area contributed by atoms with Crippen LogP contribution in [-0.2, 0) is 9.59 Å². The zero-order chi connectivity index (χ0) is 42.8. The second-order valence-electron chi connectivity index (χ2n) is 17.3. The van der Waals surface area contributed by atoms with Crippen LogP contribution >= 0.6 is 0 Å². The number of carbonyl (C=O) groups is 2. The molecule has 0 rings (SSSR count). The number of rotatable bonds is 44. The Labute approximate surface area is 355 Å². The summed E-state index contributed by atoms with van der Waals surface area (Å²) in [6.45, 7) is 5.92. The quantitative estimate of drug-likeness (QED) is 0.0386. The Balaban J connectivity index is -0.000000843. The van der Waals surface area contributed by atoms with E-state index in [9.17, 15) is 9.59 Å². The number of aliphatic hydroxyl groups is 3. The summed E-state index contributed by atoms with van der Waals surface area (Å²) in [5, 5.41) is 43.1. The lowest BCUT2D eigenvalue weighted by molar-refractivity contribution is -0.138. The first-order chi connectivity index (χ1) is 27.8. The predicted octanol–water partition coefficient (Wildman–Crippen LogP) is 15.1. The average molecular weight is 815 g/mol. The van der Waals surface area contributed by atoms with Gasteiger partial charge in [-0.1, -0.05) is 252 Å². The molecule has 0 spiro atoms. The molecule has 7 nitrogen and oxygen atoms in total. The lowest BCUT2D eigenvalue weighted by Crippen LogP contribution is -2.32. The largest absolute Gasteiger partial charge is 0.481 e. The van der Waals surface area contributed by atoms with Crippen LogP contribution in [0.5, 0.6) is 0 Å². The molecule has 57 heavy (non-hydrogen) atoms. The molecule has 0 aromatic carbocycles. The van der Waals surface area contributed by atoms with E-state index in [0.29, 0.717) is 19.3 Å².